The highest BCUT2D eigenvalue weighted by Gasteiger charge is 2.44. The second-order valence-electron chi connectivity index (χ2n) is 15.9. The van der Waals surface area contributed by atoms with Crippen molar-refractivity contribution in [3.8, 4) is 45.5 Å². The van der Waals surface area contributed by atoms with E-state index in [4.69, 9.17) is 16.3 Å². The lowest BCUT2D eigenvalue weighted by molar-refractivity contribution is -0.122. The van der Waals surface area contributed by atoms with Gasteiger partial charge < -0.3 is 30.3 Å². The summed E-state index contributed by atoms with van der Waals surface area (Å²) in [5, 5.41) is 21.0. The molecule has 0 unspecified atom stereocenters. The number of hydrogen-bond donors (Lipinski definition) is 3. The Morgan fingerprint density at radius 2 is 1.05 bits per heavy atom. The molecule has 7 heterocycles. The summed E-state index contributed by atoms with van der Waals surface area (Å²) in [5.41, 5.74) is 2.83. The van der Waals surface area contributed by atoms with Crippen molar-refractivity contribution in [1.29, 1.82) is 0 Å². The van der Waals surface area contributed by atoms with Gasteiger partial charge in [0.25, 0.3) is 22.6 Å². The summed E-state index contributed by atoms with van der Waals surface area (Å²) in [5.74, 6) is -2.92. The average Bonchev–Trinajstić information content (AvgIpc) is 3.38. The first-order valence-electron chi connectivity index (χ1n) is 22.7. The zero-order chi connectivity index (χ0) is 54.1. The third-order valence-corrected chi connectivity index (χ3v) is 10.7. The van der Waals surface area contributed by atoms with E-state index in [0.29, 0.717) is 63.6 Å². The normalized spacial score (nSPS) is 12.2. The zero-order valence-corrected chi connectivity index (χ0v) is 41.1. The minimum absolute atomic E-state index is 0.172. The number of amides is 3. The molecule has 0 atom stereocenters. The van der Waals surface area contributed by atoms with Gasteiger partial charge in [-0.1, -0.05) is 29.8 Å². The van der Waals surface area contributed by atoms with Crippen molar-refractivity contribution >= 4 is 35.1 Å². The second kappa shape index (κ2) is 26.2. The molecule has 0 spiro atoms. The molecule has 21 nitrogen and oxygen atoms in total. The van der Waals surface area contributed by atoms with E-state index in [2.05, 4.69) is 50.9 Å². The van der Waals surface area contributed by atoms with Crippen LogP contribution in [0.4, 0.5) is 23.4 Å². The third-order valence-electron chi connectivity index (χ3n) is 10.4. The monoisotopic (exact) mass is 1060 g/mol. The Morgan fingerprint density at radius 1 is 0.613 bits per heavy atom. The Labute approximate surface area is 429 Å². The fraction of sp³-hybridized carbons (Fsp3) is 0.265. The van der Waals surface area contributed by atoms with Gasteiger partial charge in [-0.15, -0.1) is 0 Å². The largest absolute Gasteiger partial charge is 0.481 e. The van der Waals surface area contributed by atoms with Crippen LogP contribution in [0.5, 0.6) is 11.8 Å². The highest BCUT2D eigenvalue weighted by Crippen LogP contribution is 2.31. The summed E-state index contributed by atoms with van der Waals surface area (Å²) in [7, 11) is 1.53. The summed E-state index contributed by atoms with van der Waals surface area (Å²) in [6, 6.07) is 25.3. The van der Waals surface area contributed by atoms with Crippen LogP contribution >= 0.6 is 11.6 Å². The Bertz CT molecular complexity index is 3250. The number of hydrogen-bond acceptors (Lipinski definition) is 15. The number of aromatic nitrogens is 9. The van der Waals surface area contributed by atoms with Crippen LogP contribution in [-0.2, 0) is 40.6 Å². The first-order chi connectivity index (χ1) is 35.9. The maximum absolute atomic E-state index is 12.9. The van der Waals surface area contributed by atoms with Gasteiger partial charge in [-0.05, 0) is 67.9 Å². The van der Waals surface area contributed by atoms with E-state index >= 15 is 0 Å². The lowest BCUT2D eigenvalue weighted by Crippen LogP contribution is -2.56. The highest BCUT2D eigenvalue weighted by molar-refractivity contribution is 6.31. The molecule has 1 aromatic carbocycles. The lowest BCUT2D eigenvalue weighted by Gasteiger charge is -2.39. The molecule has 0 bridgehead atoms. The summed E-state index contributed by atoms with van der Waals surface area (Å²) >= 11 is 6.07. The van der Waals surface area contributed by atoms with Gasteiger partial charge in [0.05, 0.1) is 37.3 Å². The Kier molecular flexibility index (Phi) is 19.4. The van der Waals surface area contributed by atoms with Crippen LogP contribution in [0.1, 0.15) is 19.4 Å². The molecule has 6 aromatic heterocycles. The summed E-state index contributed by atoms with van der Waals surface area (Å²) < 4.78 is 62.4. The topological polar surface area (TPSA) is 252 Å². The van der Waals surface area contributed by atoms with Crippen molar-refractivity contribution in [3.63, 3.8) is 0 Å². The van der Waals surface area contributed by atoms with Gasteiger partial charge in [0.2, 0.25) is 29.5 Å². The van der Waals surface area contributed by atoms with Crippen LogP contribution in [-0.4, -0.2) is 108 Å². The molecular formula is C49H48ClF4N13O8. The van der Waals surface area contributed by atoms with Gasteiger partial charge in [0, 0.05) is 90.3 Å². The minimum Gasteiger partial charge on any atom is -0.481 e. The highest BCUT2D eigenvalue weighted by atomic mass is 35.5. The van der Waals surface area contributed by atoms with Gasteiger partial charge in [-0.25, -0.2) is 37.8 Å². The summed E-state index contributed by atoms with van der Waals surface area (Å²) in [6.45, 7) is 0.530. The van der Waals surface area contributed by atoms with E-state index in [1.807, 2.05) is 18.2 Å². The molecule has 0 aliphatic carbocycles. The number of methoxy groups -OCH3 is 1. The number of alkyl halides is 4. The number of anilines is 1. The van der Waals surface area contributed by atoms with Crippen LogP contribution < -0.4 is 47.0 Å². The van der Waals surface area contributed by atoms with Gasteiger partial charge in [-0.3, -0.25) is 28.8 Å². The molecule has 1 aliphatic rings. The summed E-state index contributed by atoms with van der Waals surface area (Å²) in [6.07, 6.45) is 4.39. The molecule has 1 fully saturated rings. The number of likely N-dealkylation sites (N-methyl/N-ethyl adjacent to an activating group) is 2. The molecular weight excluding hydrogens is 1010 g/mol. The van der Waals surface area contributed by atoms with Crippen LogP contribution in [0, 0.1) is 0 Å². The number of pyridine rings is 3. The number of rotatable bonds is 17. The molecule has 1 aliphatic heterocycles. The number of nitrogens with zero attached hydrogens (tertiary/aromatic N) is 10. The zero-order valence-electron chi connectivity index (χ0n) is 40.3. The lowest BCUT2D eigenvalue weighted by atomic mass is 10.1. The number of carbonyl (C=O) groups is 3. The van der Waals surface area contributed by atoms with E-state index in [1.165, 1.54) is 66.9 Å². The molecule has 75 heavy (non-hydrogen) atoms. The number of carbonyl (C=O) groups excluding carboxylic acids is 3. The van der Waals surface area contributed by atoms with Crippen molar-refractivity contribution in [2.24, 2.45) is 0 Å². The van der Waals surface area contributed by atoms with Crippen molar-refractivity contribution in [2.45, 2.75) is 52.6 Å². The van der Waals surface area contributed by atoms with Crippen molar-refractivity contribution in [3.05, 3.63) is 157 Å². The smallest absolute Gasteiger partial charge is 0.388 e. The molecule has 3 N–H and O–H groups in total. The predicted octanol–water partition coefficient (Wildman–Crippen LogP) is 4.22. The molecule has 1 saturated heterocycles. The first-order valence-corrected chi connectivity index (χ1v) is 23.1. The average molecular weight is 1060 g/mol. The van der Waals surface area contributed by atoms with Crippen LogP contribution in [0.25, 0.3) is 33.8 Å². The van der Waals surface area contributed by atoms with E-state index in [0.717, 1.165) is 19.6 Å². The van der Waals surface area contributed by atoms with Crippen LogP contribution in [0.3, 0.4) is 0 Å². The maximum Gasteiger partial charge on any atom is 0.388 e. The van der Waals surface area contributed by atoms with Crippen LogP contribution in [0.15, 0.2) is 130 Å². The Hall–Kier alpha value is -8.87. The van der Waals surface area contributed by atoms with Gasteiger partial charge in [0.15, 0.2) is 0 Å². The molecule has 392 valence electrons. The van der Waals surface area contributed by atoms with Crippen LogP contribution in [0.2, 0.25) is 5.02 Å². The van der Waals surface area contributed by atoms with Crippen molar-refractivity contribution in [1.82, 2.24) is 60.2 Å². The first kappa shape index (κ1) is 55.4. The van der Waals surface area contributed by atoms with E-state index in [9.17, 15) is 46.3 Å². The fourth-order valence-electron chi connectivity index (χ4n) is 6.70. The molecule has 0 saturated carbocycles. The SMILES string of the molecule is CCNC(=O)Cn1nc(-c2ccc(N3CC(F)(F)C3)nc2)ccc1=O.CCNC(=O)Cn1nc(-c2ccc(OC(F)F)nc2)ccc1=O.COc1ccc(-c2ccc(=O)n(CC(=O)NCc3ccccc3Cl)n2)cn1. The van der Waals surface area contributed by atoms with Gasteiger partial charge in [-0.2, -0.15) is 24.1 Å². The predicted molar refractivity (Wildman–Crippen MR) is 266 cm³/mol. The molecule has 26 heteroatoms. The Morgan fingerprint density at radius 3 is 1.44 bits per heavy atom. The number of nitrogens with one attached hydrogen (secondary N) is 3. The number of halogens is 5. The van der Waals surface area contributed by atoms with Gasteiger partial charge in [0.1, 0.15) is 25.5 Å². The standard InChI is InChI=1S/C19H17ClN4O3.C16H17F2N5O2.C14H14F2N4O3/c1-27-18-8-6-14(11-22-18)16-7-9-19(26)24(23-16)12-17(25)21-10-13-4-2-3-5-15(13)20;1-2-19-14(24)8-23-15(25)6-4-12(21-23)11-3-5-13(20-7-11)22-9-16(17,18)10-22;1-2-17-11(21)8-20-13(22)6-4-10(19-20)9-3-5-12(18-7-9)23-14(15)16/h2-9,11H,10,12H2,1H3,(H,21,25);3-7H,2,8-10H2,1H3,(H,19,24);3-7,14H,2,8H2,1H3,(H,17,21). The Balaban J connectivity index is 0.000000184. The second-order valence-corrected chi connectivity index (χ2v) is 16.3. The summed E-state index contributed by atoms with van der Waals surface area (Å²) in [4.78, 5) is 84.4. The maximum atomic E-state index is 12.9. The molecule has 0 radical (unpaired) electrons. The number of benzene rings is 1. The third kappa shape index (κ3) is 16.3. The molecule has 7 aromatic rings. The van der Waals surface area contributed by atoms with Crippen molar-refractivity contribution < 1.29 is 41.4 Å². The van der Waals surface area contributed by atoms with Gasteiger partial charge >= 0.3 is 6.61 Å². The number of ether oxygens (including phenoxy) is 2. The minimum atomic E-state index is -2.95. The fourth-order valence-corrected chi connectivity index (χ4v) is 6.90. The molecule has 3 amide bonds. The van der Waals surface area contributed by atoms with E-state index < -0.39 is 18.1 Å². The van der Waals surface area contributed by atoms with E-state index in [1.54, 1.807) is 56.4 Å². The quantitative estimate of drug-likeness (QED) is 0.108. The van der Waals surface area contributed by atoms with Crippen molar-refractivity contribution in [2.75, 3.05) is 38.2 Å². The van der Waals surface area contributed by atoms with E-state index in [-0.39, 0.29) is 74.0 Å². The molecule has 8 rings (SSSR count).